The molecule has 0 bridgehead atoms. The van der Waals surface area contributed by atoms with Crippen molar-refractivity contribution in [1.82, 2.24) is 14.8 Å². The quantitative estimate of drug-likeness (QED) is 0.515. The van der Waals surface area contributed by atoms with Gasteiger partial charge in [0, 0.05) is 23.3 Å². The van der Waals surface area contributed by atoms with Crippen molar-refractivity contribution >= 4 is 46.3 Å². The second-order valence-electron chi connectivity index (χ2n) is 7.65. The van der Waals surface area contributed by atoms with Gasteiger partial charge in [0.05, 0.1) is 10.6 Å². The van der Waals surface area contributed by atoms with Gasteiger partial charge in [-0.15, -0.1) is 21.5 Å². The number of benzene rings is 1. The number of carbonyl (C=O) groups is 2. The number of amides is 2. The van der Waals surface area contributed by atoms with Crippen LogP contribution in [0.15, 0.2) is 46.9 Å². The molecule has 30 heavy (non-hydrogen) atoms. The molecular weight excluding hydrogens is 418 g/mol. The maximum atomic E-state index is 12.4. The lowest BCUT2D eigenvalue weighted by Crippen LogP contribution is -2.27. The Labute approximate surface area is 184 Å². The summed E-state index contributed by atoms with van der Waals surface area (Å²) in [5.41, 5.74) is 0.900. The van der Waals surface area contributed by atoms with Crippen molar-refractivity contribution < 1.29 is 9.59 Å². The van der Waals surface area contributed by atoms with Crippen LogP contribution in [-0.2, 0) is 16.1 Å². The van der Waals surface area contributed by atoms with Gasteiger partial charge < -0.3 is 15.2 Å². The van der Waals surface area contributed by atoms with E-state index in [4.69, 9.17) is 0 Å². The van der Waals surface area contributed by atoms with Crippen LogP contribution >= 0.6 is 23.1 Å². The summed E-state index contributed by atoms with van der Waals surface area (Å²) in [6.07, 6.45) is 0. The predicted octanol–water partition coefficient (Wildman–Crippen LogP) is 4.74. The fourth-order valence-electron chi connectivity index (χ4n) is 2.55. The highest BCUT2D eigenvalue weighted by molar-refractivity contribution is 7.99. The van der Waals surface area contributed by atoms with Crippen molar-refractivity contribution in [1.29, 1.82) is 0 Å². The Morgan fingerprint density at radius 2 is 1.73 bits per heavy atom. The maximum Gasteiger partial charge on any atom is 0.234 e. The normalized spacial score (nSPS) is 11.3. The van der Waals surface area contributed by atoms with Crippen molar-refractivity contribution in [3.8, 4) is 10.7 Å². The van der Waals surface area contributed by atoms with Crippen molar-refractivity contribution in [3.63, 3.8) is 0 Å². The topological polar surface area (TPSA) is 88.9 Å². The molecule has 2 aromatic heterocycles. The fraction of sp³-hybridized carbons (Fsp3) is 0.333. The number of nitrogens with zero attached hydrogens (tertiary/aromatic N) is 3. The van der Waals surface area contributed by atoms with Gasteiger partial charge in [0.15, 0.2) is 11.0 Å². The zero-order valence-electron chi connectivity index (χ0n) is 17.4. The summed E-state index contributed by atoms with van der Waals surface area (Å²) in [4.78, 5) is 25.5. The molecule has 2 N–H and O–H groups in total. The number of hydrogen-bond donors (Lipinski definition) is 2. The average Bonchev–Trinajstić information content (AvgIpc) is 3.36. The van der Waals surface area contributed by atoms with Crippen molar-refractivity contribution in [3.05, 3.63) is 41.8 Å². The second-order valence-corrected chi connectivity index (χ2v) is 9.54. The molecule has 0 fully saturated rings. The molecule has 1 aromatic carbocycles. The van der Waals surface area contributed by atoms with E-state index in [1.165, 1.54) is 11.8 Å². The van der Waals surface area contributed by atoms with Gasteiger partial charge in [-0.05, 0) is 42.6 Å². The lowest BCUT2D eigenvalue weighted by Gasteiger charge is -2.17. The molecule has 0 radical (unpaired) electrons. The Balaban J connectivity index is 1.56. The van der Waals surface area contributed by atoms with E-state index in [2.05, 4.69) is 20.8 Å². The highest BCUT2D eigenvalue weighted by atomic mass is 32.2. The van der Waals surface area contributed by atoms with E-state index < -0.39 is 5.41 Å². The van der Waals surface area contributed by atoms with Crippen LogP contribution in [0.5, 0.6) is 0 Å². The summed E-state index contributed by atoms with van der Waals surface area (Å²) in [6.45, 7) is 8.34. The molecule has 0 spiro atoms. The van der Waals surface area contributed by atoms with Crippen LogP contribution < -0.4 is 10.6 Å². The maximum absolute atomic E-state index is 12.4. The molecule has 0 atom stereocenters. The first kappa shape index (κ1) is 22.0. The van der Waals surface area contributed by atoms with Crippen LogP contribution in [-0.4, -0.2) is 32.3 Å². The lowest BCUT2D eigenvalue weighted by atomic mass is 9.95. The molecule has 7 nitrogen and oxygen atoms in total. The summed E-state index contributed by atoms with van der Waals surface area (Å²) in [5.74, 6) is 0.862. The minimum Gasteiger partial charge on any atom is -0.326 e. The van der Waals surface area contributed by atoms with Gasteiger partial charge in [0.1, 0.15) is 0 Å². The molecule has 2 amide bonds. The summed E-state index contributed by atoms with van der Waals surface area (Å²) >= 11 is 2.97. The van der Waals surface area contributed by atoms with Crippen LogP contribution in [0.2, 0.25) is 0 Å². The van der Waals surface area contributed by atoms with Gasteiger partial charge in [0.2, 0.25) is 11.8 Å². The van der Waals surface area contributed by atoms with Crippen molar-refractivity contribution in [2.75, 3.05) is 16.4 Å². The first-order chi connectivity index (χ1) is 14.3. The smallest absolute Gasteiger partial charge is 0.234 e. The summed E-state index contributed by atoms with van der Waals surface area (Å²) in [5, 5.41) is 17.0. The first-order valence-electron chi connectivity index (χ1n) is 9.59. The van der Waals surface area contributed by atoms with Crippen LogP contribution in [0.25, 0.3) is 10.7 Å². The van der Waals surface area contributed by atoms with Crippen molar-refractivity contribution in [2.45, 2.75) is 39.4 Å². The average molecular weight is 444 g/mol. The van der Waals surface area contributed by atoms with Gasteiger partial charge in [0.25, 0.3) is 0 Å². The molecule has 0 saturated heterocycles. The van der Waals surface area contributed by atoms with Crippen molar-refractivity contribution in [2.24, 2.45) is 5.41 Å². The number of aromatic nitrogens is 3. The number of carbonyl (C=O) groups excluding carboxylic acids is 2. The Bertz CT molecular complexity index is 1010. The monoisotopic (exact) mass is 443 g/mol. The molecule has 158 valence electrons. The molecule has 3 rings (SSSR count). The number of thioether (sulfide) groups is 1. The third-order valence-electron chi connectivity index (χ3n) is 4.21. The minimum atomic E-state index is -0.466. The van der Waals surface area contributed by atoms with Crippen LogP contribution in [0.4, 0.5) is 11.4 Å². The molecule has 3 aromatic rings. The highest BCUT2D eigenvalue weighted by Crippen LogP contribution is 2.27. The van der Waals surface area contributed by atoms with Gasteiger partial charge in [-0.1, -0.05) is 38.6 Å². The van der Waals surface area contributed by atoms with Gasteiger partial charge in [-0.2, -0.15) is 0 Å². The molecule has 0 aliphatic carbocycles. The van der Waals surface area contributed by atoms with E-state index in [9.17, 15) is 9.59 Å². The number of anilines is 2. The predicted molar refractivity (Wildman–Crippen MR) is 123 cm³/mol. The van der Waals surface area contributed by atoms with Gasteiger partial charge in [-0.3, -0.25) is 9.59 Å². The van der Waals surface area contributed by atoms with Crippen LogP contribution in [0.3, 0.4) is 0 Å². The Morgan fingerprint density at radius 3 is 2.30 bits per heavy atom. The van der Waals surface area contributed by atoms with E-state index >= 15 is 0 Å². The van der Waals surface area contributed by atoms with Gasteiger partial charge in [-0.25, -0.2) is 0 Å². The largest absolute Gasteiger partial charge is 0.326 e. The zero-order chi connectivity index (χ0) is 21.7. The lowest BCUT2D eigenvalue weighted by molar-refractivity contribution is -0.123. The van der Waals surface area contributed by atoms with E-state index in [0.717, 1.165) is 22.4 Å². The summed E-state index contributed by atoms with van der Waals surface area (Å²) < 4.78 is 2.01. The number of hydrogen-bond acceptors (Lipinski definition) is 6. The first-order valence-corrected chi connectivity index (χ1v) is 11.5. The van der Waals surface area contributed by atoms with E-state index in [0.29, 0.717) is 11.4 Å². The van der Waals surface area contributed by atoms with E-state index in [1.807, 2.05) is 49.8 Å². The molecule has 0 aliphatic rings. The Hall–Kier alpha value is -2.65. The second kappa shape index (κ2) is 9.44. The minimum absolute atomic E-state index is 0.0577. The van der Waals surface area contributed by atoms with E-state index in [-0.39, 0.29) is 17.6 Å². The third-order valence-corrected chi connectivity index (χ3v) is 6.05. The third kappa shape index (κ3) is 5.48. The molecule has 0 unspecified atom stereocenters. The highest BCUT2D eigenvalue weighted by Gasteiger charge is 2.21. The standard InChI is InChI=1S/C21H25N5O2S2/c1-5-26-18(16-7-6-12-29-16)24-25-20(26)30-13-17(27)22-14-8-10-15(11-9-14)23-19(28)21(2,3)4/h6-12H,5,13H2,1-4H3,(H,22,27)(H,23,28). The van der Waals surface area contributed by atoms with E-state index in [1.54, 1.807) is 35.6 Å². The van der Waals surface area contributed by atoms with Gasteiger partial charge >= 0.3 is 0 Å². The Kier molecular flexibility index (Phi) is 6.94. The molecule has 0 saturated carbocycles. The van der Waals surface area contributed by atoms with Crippen LogP contribution in [0.1, 0.15) is 27.7 Å². The SMILES string of the molecule is CCn1c(SCC(=O)Nc2ccc(NC(=O)C(C)(C)C)cc2)nnc1-c1cccs1. The molecule has 9 heteroatoms. The molecular formula is C21H25N5O2S2. The Morgan fingerprint density at radius 1 is 1.07 bits per heavy atom. The number of thiophene rings is 1. The van der Waals surface area contributed by atoms with Crippen LogP contribution in [0, 0.1) is 5.41 Å². The molecule has 2 heterocycles. The fourth-order valence-corrected chi connectivity index (χ4v) is 4.07. The number of rotatable bonds is 7. The number of nitrogens with one attached hydrogen (secondary N) is 2. The summed E-state index contributed by atoms with van der Waals surface area (Å²) in [6, 6.07) is 11.1. The zero-order valence-corrected chi connectivity index (χ0v) is 19.1. The molecule has 0 aliphatic heterocycles. The summed E-state index contributed by atoms with van der Waals surface area (Å²) in [7, 11) is 0.